The van der Waals surface area contributed by atoms with E-state index in [1.54, 1.807) is 19.2 Å². The Balaban J connectivity index is 0.00000288. The van der Waals surface area contributed by atoms with Crippen LogP contribution in [0.3, 0.4) is 0 Å². The molecule has 1 aromatic rings. The molecular weight excluding hydrogens is 342 g/mol. The zero-order chi connectivity index (χ0) is 16.7. The quantitative estimate of drug-likeness (QED) is 0.696. The number of aryl methyl sites for hydroxylation is 1. The molecular formula is C16H23ClF2N2O3. The molecule has 0 radical (unpaired) electrons. The van der Waals surface area contributed by atoms with Crippen LogP contribution < -0.4 is 15.4 Å². The summed E-state index contributed by atoms with van der Waals surface area (Å²) in [7, 11) is 1.60. The van der Waals surface area contributed by atoms with Crippen LogP contribution in [-0.2, 0) is 16.0 Å². The predicted octanol–water partition coefficient (Wildman–Crippen LogP) is 2.44. The second kappa shape index (κ2) is 10.4. The molecule has 1 unspecified atom stereocenters. The van der Waals surface area contributed by atoms with Gasteiger partial charge in [0.05, 0.1) is 19.2 Å². The lowest BCUT2D eigenvalue weighted by Crippen LogP contribution is -2.38. The molecule has 1 aliphatic carbocycles. The highest BCUT2D eigenvalue weighted by Crippen LogP contribution is 2.32. The van der Waals surface area contributed by atoms with Gasteiger partial charge in [0.2, 0.25) is 5.91 Å². The first-order valence-electron chi connectivity index (χ1n) is 7.67. The zero-order valence-corrected chi connectivity index (χ0v) is 14.3. The van der Waals surface area contributed by atoms with Gasteiger partial charge in [-0.2, -0.15) is 8.78 Å². The van der Waals surface area contributed by atoms with E-state index < -0.39 is 6.61 Å². The molecule has 0 aliphatic heterocycles. The van der Waals surface area contributed by atoms with Crippen molar-refractivity contribution in [2.45, 2.75) is 31.9 Å². The Morgan fingerprint density at radius 2 is 2.21 bits per heavy atom. The van der Waals surface area contributed by atoms with Crippen molar-refractivity contribution in [2.24, 2.45) is 0 Å². The van der Waals surface area contributed by atoms with E-state index in [2.05, 4.69) is 15.4 Å². The number of fused-ring (bicyclic) bond motifs is 1. The van der Waals surface area contributed by atoms with E-state index in [9.17, 15) is 13.6 Å². The minimum Gasteiger partial charge on any atom is -0.435 e. The summed E-state index contributed by atoms with van der Waals surface area (Å²) in [5.41, 5.74) is 1.93. The number of carbonyl (C=O) groups excluding carboxylic acids is 1. The van der Waals surface area contributed by atoms with Gasteiger partial charge in [-0.1, -0.05) is 6.07 Å². The smallest absolute Gasteiger partial charge is 0.387 e. The van der Waals surface area contributed by atoms with Crippen molar-refractivity contribution < 1.29 is 23.0 Å². The summed E-state index contributed by atoms with van der Waals surface area (Å²) in [6.45, 7) is -1.45. The van der Waals surface area contributed by atoms with Crippen LogP contribution in [0.5, 0.6) is 5.75 Å². The lowest BCUT2D eigenvalue weighted by Gasteiger charge is -2.27. The monoisotopic (exact) mass is 364 g/mol. The molecule has 0 saturated heterocycles. The lowest BCUT2D eigenvalue weighted by atomic mass is 9.87. The number of hydrogen-bond donors (Lipinski definition) is 2. The number of benzene rings is 1. The molecule has 1 aromatic carbocycles. The van der Waals surface area contributed by atoms with Crippen molar-refractivity contribution in [3.05, 3.63) is 29.3 Å². The Morgan fingerprint density at radius 3 is 2.92 bits per heavy atom. The minimum atomic E-state index is -2.83. The second-order valence-corrected chi connectivity index (χ2v) is 5.42. The Bertz CT molecular complexity index is 532. The first kappa shape index (κ1) is 20.6. The molecule has 1 aliphatic rings. The molecule has 2 N–H and O–H groups in total. The Labute approximate surface area is 146 Å². The number of nitrogens with one attached hydrogen (secondary N) is 2. The molecule has 1 atom stereocenters. The fourth-order valence-corrected chi connectivity index (χ4v) is 2.74. The van der Waals surface area contributed by atoms with E-state index in [0.29, 0.717) is 13.2 Å². The van der Waals surface area contributed by atoms with Gasteiger partial charge in [0.1, 0.15) is 5.75 Å². The summed E-state index contributed by atoms with van der Waals surface area (Å²) in [5.74, 6) is 0.0684. The fourth-order valence-electron chi connectivity index (χ4n) is 2.74. The number of hydrogen-bond acceptors (Lipinski definition) is 4. The van der Waals surface area contributed by atoms with E-state index in [-0.39, 0.29) is 36.7 Å². The van der Waals surface area contributed by atoms with Gasteiger partial charge < -0.3 is 20.1 Å². The number of rotatable bonds is 8. The maximum Gasteiger partial charge on any atom is 0.387 e. The van der Waals surface area contributed by atoms with Crippen molar-refractivity contribution in [3.63, 3.8) is 0 Å². The topological polar surface area (TPSA) is 59.6 Å². The summed E-state index contributed by atoms with van der Waals surface area (Å²) < 4.78 is 33.9. The van der Waals surface area contributed by atoms with Crippen LogP contribution in [0.2, 0.25) is 0 Å². The van der Waals surface area contributed by atoms with Crippen LogP contribution >= 0.6 is 12.4 Å². The van der Waals surface area contributed by atoms with Gasteiger partial charge in [-0.15, -0.1) is 12.4 Å². The fraction of sp³-hybridized carbons (Fsp3) is 0.562. The molecule has 8 heteroatoms. The van der Waals surface area contributed by atoms with Gasteiger partial charge in [-0.05, 0) is 42.5 Å². The van der Waals surface area contributed by atoms with E-state index in [4.69, 9.17) is 4.74 Å². The third-order valence-electron chi connectivity index (χ3n) is 3.76. The molecule has 0 heterocycles. The second-order valence-electron chi connectivity index (χ2n) is 5.42. The summed E-state index contributed by atoms with van der Waals surface area (Å²) in [6, 6.07) is 4.83. The molecule has 0 aromatic heterocycles. The highest BCUT2D eigenvalue weighted by molar-refractivity contribution is 5.85. The summed E-state index contributed by atoms with van der Waals surface area (Å²) in [6.07, 6.45) is 2.53. The number of alkyl halides is 2. The molecule has 1 amide bonds. The number of halogens is 3. The van der Waals surface area contributed by atoms with E-state index in [1.807, 2.05) is 0 Å². The molecule has 136 valence electrons. The normalized spacial score (nSPS) is 16.2. The van der Waals surface area contributed by atoms with Crippen LogP contribution in [0.15, 0.2) is 18.2 Å². The van der Waals surface area contributed by atoms with E-state index >= 15 is 0 Å². The van der Waals surface area contributed by atoms with Gasteiger partial charge in [0.25, 0.3) is 0 Å². The maximum atomic E-state index is 12.3. The Kier molecular flexibility index (Phi) is 8.95. The Hall–Kier alpha value is -1.44. The van der Waals surface area contributed by atoms with Crippen LogP contribution in [0.1, 0.15) is 30.0 Å². The minimum absolute atomic E-state index is 0. The molecule has 5 nitrogen and oxygen atoms in total. The molecule has 0 bridgehead atoms. The average molecular weight is 365 g/mol. The van der Waals surface area contributed by atoms with Gasteiger partial charge in [0.15, 0.2) is 0 Å². The summed E-state index contributed by atoms with van der Waals surface area (Å²) >= 11 is 0. The van der Waals surface area contributed by atoms with Crippen LogP contribution in [0.4, 0.5) is 8.78 Å². The van der Waals surface area contributed by atoms with Crippen molar-refractivity contribution in [1.29, 1.82) is 0 Å². The largest absolute Gasteiger partial charge is 0.435 e. The highest BCUT2D eigenvalue weighted by Gasteiger charge is 2.22. The van der Waals surface area contributed by atoms with Crippen molar-refractivity contribution in [1.82, 2.24) is 10.6 Å². The van der Waals surface area contributed by atoms with Gasteiger partial charge in [-0.3, -0.25) is 4.79 Å². The Morgan fingerprint density at radius 1 is 1.42 bits per heavy atom. The molecule has 0 saturated carbocycles. The third-order valence-corrected chi connectivity index (χ3v) is 3.76. The van der Waals surface area contributed by atoms with Crippen molar-refractivity contribution in [3.8, 4) is 5.75 Å². The predicted molar refractivity (Wildman–Crippen MR) is 88.9 cm³/mol. The maximum absolute atomic E-state index is 12.3. The van der Waals surface area contributed by atoms with E-state index in [0.717, 1.165) is 30.4 Å². The number of ether oxygens (including phenoxy) is 2. The van der Waals surface area contributed by atoms with Crippen molar-refractivity contribution >= 4 is 18.3 Å². The molecule has 24 heavy (non-hydrogen) atoms. The molecule has 0 spiro atoms. The lowest BCUT2D eigenvalue weighted by molar-refractivity contribution is -0.121. The van der Waals surface area contributed by atoms with E-state index in [1.165, 1.54) is 6.07 Å². The summed E-state index contributed by atoms with van der Waals surface area (Å²) in [4.78, 5) is 12.0. The number of amides is 1. The highest BCUT2D eigenvalue weighted by atomic mass is 35.5. The zero-order valence-electron chi connectivity index (χ0n) is 13.5. The molecule has 0 fully saturated rings. The average Bonchev–Trinajstić information content (AvgIpc) is 2.51. The number of carbonyl (C=O) groups is 1. The van der Waals surface area contributed by atoms with Gasteiger partial charge >= 0.3 is 6.61 Å². The first-order valence-corrected chi connectivity index (χ1v) is 7.67. The van der Waals surface area contributed by atoms with Crippen LogP contribution in [-0.4, -0.2) is 39.3 Å². The van der Waals surface area contributed by atoms with Crippen LogP contribution in [0.25, 0.3) is 0 Å². The van der Waals surface area contributed by atoms with Crippen LogP contribution in [0, 0.1) is 0 Å². The van der Waals surface area contributed by atoms with Gasteiger partial charge in [0, 0.05) is 13.7 Å². The third kappa shape index (κ3) is 6.22. The van der Waals surface area contributed by atoms with Gasteiger partial charge in [-0.25, -0.2) is 0 Å². The summed E-state index contributed by atoms with van der Waals surface area (Å²) in [5, 5.41) is 5.97. The SMILES string of the molecule is COCCNCC(=O)NC1CCCc2cc(OC(F)F)ccc21.Cl. The standard InChI is InChI=1S/C16H22F2N2O3.ClH/c1-22-8-7-19-10-15(21)20-14-4-2-3-11-9-12(23-16(17)18)5-6-13(11)14;/h5-6,9,14,16,19H,2-4,7-8,10H2,1H3,(H,20,21);1H. The van der Waals surface area contributed by atoms with Crippen molar-refractivity contribution in [2.75, 3.05) is 26.8 Å². The first-order chi connectivity index (χ1) is 11.1. The number of methoxy groups -OCH3 is 1. The molecule has 2 rings (SSSR count).